The van der Waals surface area contributed by atoms with Crippen molar-refractivity contribution in [1.29, 1.82) is 0 Å². The number of carbonyl (C=O) groups excluding carboxylic acids is 1. The van der Waals surface area contributed by atoms with Crippen LogP contribution < -0.4 is 11.1 Å². The van der Waals surface area contributed by atoms with Crippen molar-refractivity contribution in [3.63, 3.8) is 0 Å². The molecule has 9 nitrogen and oxygen atoms in total. The van der Waals surface area contributed by atoms with Gasteiger partial charge in [-0.1, -0.05) is 31.4 Å². The number of likely N-dealkylation sites (tertiary alicyclic amines) is 1. The van der Waals surface area contributed by atoms with Crippen LogP contribution in [0.1, 0.15) is 91.1 Å². The van der Waals surface area contributed by atoms with Gasteiger partial charge in [-0.05, 0) is 57.1 Å². The Kier molecular flexibility index (Phi) is 7.79. The zero-order valence-corrected chi connectivity index (χ0v) is 25.4. The number of hydrogen-bond donors (Lipinski definition) is 2. The van der Waals surface area contributed by atoms with E-state index in [-0.39, 0.29) is 30.7 Å². The van der Waals surface area contributed by atoms with Gasteiger partial charge in [0, 0.05) is 60.3 Å². The van der Waals surface area contributed by atoms with Gasteiger partial charge >= 0.3 is 6.18 Å². The van der Waals surface area contributed by atoms with Gasteiger partial charge in [0.25, 0.3) is 5.91 Å². The predicted octanol–water partition coefficient (Wildman–Crippen LogP) is 5.84. The van der Waals surface area contributed by atoms with Crippen molar-refractivity contribution >= 4 is 17.2 Å². The summed E-state index contributed by atoms with van der Waals surface area (Å²) in [5, 5.41) is 7.47. The molecule has 45 heavy (non-hydrogen) atoms. The molecule has 3 atom stereocenters. The molecular weight excluding hydrogens is 581 g/mol. The number of rotatable bonds is 5. The van der Waals surface area contributed by atoms with E-state index in [0.29, 0.717) is 29.1 Å². The van der Waals surface area contributed by atoms with Crippen molar-refractivity contribution in [3.05, 3.63) is 65.5 Å². The SMILES string of the molecule is Cn1ncc2c1CCC[C@@H]2c1nc(-c2ccc(C(=O)NC3CC(C(F)(F)F)CCN3C3CCCCC3)cc2)c2c(N)nccn12. The number of imidazole rings is 1. The number of aryl methyl sites for hydroxylation is 1. The first-order chi connectivity index (χ1) is 21.7. The van der Waals surface area contributed by atoms with E-state index in [1.807, 2.05) is 40.7 Å². The highest BCUT2D eigenvalue weighted by molar-refractivity contribution is 5.95. The van der Waals surface area contributed by atoms with E-state index in [4.69, 9.17) is 10.7 Å². The standard InChI is InChI=1S/C33H39F3N8O/c1-42-26-9-5-8-24(25(26)19-39-42)31-41-28(29-30(37)38-15-17-44(29)31)20-10-12-21(13-11-20)32(45)40-27-18-22(33(34,35)36)14-16-43(27)23-6-3-2-4-7-23/h10-13,15,17,19,22-24,27H,2-9,14,16,18H2,1H3,(H2,37,38)(H,40,45)/t22?,24-,27?/m0/s1. The summed E-state index contributed by atoms with van der Waals surface area (Å²) in [6.07, 6.45) is 8.63. The maximum atomic E-state index is 13.7. The first-order valence-corrected chi connectivity index (χ1v) is 16.1. The molecule has 7 rings (SSSR count). The number of piperidine rings is 1. The normalized spacial score (nSPS) is 23.2. The highest BCUT2D eigenvalue weighted by Crippen LogP contribution is 2.40. The van der Waals surface area contributed by atoms with E-state index in [9.17, 15) is 18.0 Å². The number of halogens is 3. The number of amides is 1. The van der Waals surface area contributed by atoms with Crippen LogP contribution in [0.4, 0.5) is 19.0 Å². The number of nitrogen functional groups attached to an aromatic ring is 1. The summed E-state index contributed by atoms with van der Waals surface area (Å²) in [7, 11) is 1.96. The van der Waals surface area contributed by atoms with Crippen LogP contribution in [0.5, 0.6) is 0 Å². The van der Waals surface area contributed by atoms with Crippen molar-refractivity contribution in [3.8, 4) is 11.3 Å². The van der Waals surface area contributed by atoms with Crippen LogP contribution in [0.3, 0.4) is 0 Å². The molecule has 2 unspecified atom stereocenters. The van der Waals surface area contributed by atoms with Crippen molar-refractivity contribution in [2.45, 2.75) is 88.5 Å². The minimum atomic E-state index is -4.28. The second-order valence-electron chi connectivity index (χ2n) is 12.8. The third-order valence-electron chi connectivity index (χ3n) is 10.2. The maximum Gasteiger partial charge on any atom is 0.391 e. The number of nitrogens with one attached hydrogen (secondary N) is 1. The number of nitrogens with zero attached hydrogens (tertiary/aromatic N) is 6. The lowest BCUT2D eigenvalue weighted by molar-refractivity contribution is -0.193. The Balaban J connectivity index is 1.16. The number of hydrogen-bond acceptors (Lipinski definition) is 6. The van der Waals surface area contributed by atoms with Gasteiger partial charge in [-0.25, -0.2) is 9.97 Å². The largest absolute Gasteiger partial charge is 0.391 e. The number of fused-ring (bicyclic) bond motifs is 2. The number of alkyl halides is 3. The summed E-state index contributed by atoms with van der Waals surface area (Å²) >= 11 is 0. The van der Waals surface area contributed by atoms with Gasteiger partial charge in [0.1, 0.15) is 22.9 Å². The zero-order chi connectivity index (χ0) is 31.3. The van der Waals surface area contributed by atoms with E-state index >= 15 is 0 Å². The highest BCUT2D eigenvalue weighted by atomic mass is 19.4. The molecule has 2 aliphatic carbocycles. The lowest BCUT2D eigenvalue weighted by Gasteiger charge is -2.45. The van der Waals surface area contributed by atoms with Gasteiger partial charge in [-0.15, -0.1) is 0 Å². The summed E-state index contributed by atoms with van der Waals surface area (Å²) in [5.74, 6) is -0.519. The molecule has 1 amide bonds. The average Bonchev–Trinajstić information content (AvgIpc) is 3.63. The zero-order valence-electron chi connectivity index (χ0n) is 25.4. The van der Waals surface area contributed by atoms with Crippen LogP contribution in [0, 0.1) is 5.92 Å². The van der Waals surface area contributed by atoms with E-state index in [1.165, 1.54) is 11.3 Å². The molecule has 4 heterocycles. The van der Waals surface area contributed by atoms with Gasteiger partial charge in [0.2, 0.25) is 0 Å². The average molecular weight is 621 g/mol. The van der Waals surface area contributed by atoms with Gasteiger partial charge < -0.3 is 11.1 Å². The molecule has 3 aromatic heterocycles. The summed E-state index contributed by atoms with van der Waals surface area (Å²) < 4.78 is 45.1. The summed E-state index contributed by atoms with van der Waals surface area (Å²) in [5.41, 5.74) is 11.3. The fourth-order valence-electron chi connectivity index (χ4n) is 7.80. The van der Waals surface area contributed by atoms with E-state index in [1.54, 1.807) is 18.3 Å². The van der Waals surface area contributed by atoms with Crippen molar-refractivity contribution in [1.82, 2.24) is 34.4 Å². The molecule has 12 heteroatoms. The molecule has 1 saturated heterocycles. The third-order valence-corrected chi connectivity index (χ3v) is 10.2. The quantitative estimate of drug-likeness (QED) is 0.290. The Labute approximate surface area is 260 Å². The van der Waals surface area contributed by atoms with Crippen LogP contribution in [0.25, 0.3) is 16.8 Å². The van der Waals surface area contributed by atoms with Gasteiger partial charge in [-0.2, -0.15) is 18.3 Å². The lowest BCUT2D eigenvalue weighted by atomic mass is 9.86. The number of carbonyl (C=O) groups is 1. The minimum absolute atomic E-state index is 0.0543. The van der Waals surface area contributed by atoms with Crippen molar-refractivity contribution < 1.29 is 18.0 Å². The summed E-state index contributed by atoms with van der Waals surface area (Å²) in [6.45, 7) is 0.339. The number of aromatic nitrogens is 5. The van der Waals surface area contributed by atoms with Crippen LogP contribution in [-0.4, -0.2) is 59.9 Å². The molecule has 2 fully saturated rings. The first kappa shape index (κ1) is 29.8. The Morgan fingerprint density at radius 2 is 1.82 bits per heavy atom. The van der Waals surface area contributed by atoms with E-state index in [0.717, 1.165) is 62.8 Å². The number of benzene rings is 1. The molecule has 238 valence electrons. The molecule has 3 N–H and O–H groups in total. The predicted molar refractivity (Wildman–Crippen MR) is 164 cm³/mol. The molecule has 0 bridgehead atoms. The molecule has 0 radical (unpaired) electrons. The fraction of sp³-hybridized carbons (Fsp3) is 0.515. The Hall–Kier alpha value is -3.93. The van der Waals surface area contributed by atoms with Crippen LogP contribution in [0.2, 0.25) is 0 Å². The Bertz CT molecular complexity index is 1690. The molecule has 0 spiro atoms. The molecule has 1 aliphatic heterocycles. The third kappa shape index (κ3) is 5.57. The maximum absolute atomic E-state index is 13.7. The van der Waals surface area contributed by atoms with Gasteiger partial charge in [0.05, 0.1) is 18.3 Å². The van der Waals surface area contributed by atoms with Crippen LogP contribution in [0.15, 0.2) is 42.9 Å². The molecule has 1 aromatic carbocycles. The van der Waals surface area contributed by atoms with Gasteiger partial charge in [0.15, 0.2) is 0 Å². The van der Waals surface area contributed by atoms with Crippen molar-refractivity contribution in [2.75, 3.05) is 12.3 Å². The minimum Gasteiger partial charge on any atom is -0.382 e. The van der Waals surface area contributed by atoms with Crippen molar-refractivity contribution in [2.24, 2.45) is 13.0 Å². The number of anilines is 1. The summed E-state index contributed by atoms with van der Waals surface area (Å²) in [4.78, 5) is 25.0. The first-order valence-electron chi connectivity index (χ1n) is 16.1. The Morgan fingerprint density at radius 1 is 1.04 bits per heavy atom. The molecular formula is C33H39F3N8O. The molecule has 4 aromatic rings. The second-order valence-corrected chi connectivity index (χ2v) is 12.8. The lowest BCUT2D eigenvalue weighted by Crippen LogP contribution is -2.58. The highest BCUT2D eigenvalue weighted by Gasteiger charge is 2.46. The topological polar surface area (TPSA) is 106 Å². The smallest absolute Gasteiger partial charge is 0.382 e. The monoisotopic (exact) mass is 620 g/mol. The molecule has 3 aliphatic rings. The van der Waals surface area contributed by atoms with Crippen LogP contribution in [-0.2, 0) is 13.5 Å². The second kappa shape index (κ2) is 11.8. The van der Waals surface area contributed by atoms with E-state index < -0.39 is 18.3 Å². The Morgan fingerprint density at radius 3 is 2.58 bits per heavy atom. The van der Waals surface area contributed by atoms with E-state index in [2.05, 4.69) is 20.3 Å². The van der Waals surface area contributed by atoms with Gasteiger partial charge in [-0.3, -0.25) is 18.8 Å². The fourth-order valence-corrected chi connectivity index (χ4v) is 7.80. The number of nitrogens with two attached hydrogens (primary N) is 1. The van der Waals surface area contributed by atoms with Crippen LogP contribution >= 0.6 is 0 Å². The summed E-state index contributed by atoms with van der Waals surface area (Å²) in [6, 6.07) is 7.26. The molecule has 1 saturated carbocycles.